The molecular formula is C14H14OTe. The molecule has 1 nitrogen and oxygen atoms in total. The van der Waals surface area contributed by atoms with Crippen LogP contribution in [0.5, 0.6) is 5.75 Å². The fourth-order valence-electron chi connectivity index (χ4n) is 1.60. The van der Waals surface area contributed by atoms with Gasteiger partial charge in [0.05, 0.1) is 0 Å². The first kappa shape index (κ1) is 11.5. The average molecular weight is 326 g/mol. The van der Waals surface area contributed by atoms with Crippen molar-refractivity contribution in [3.8, 4) is 5.75 Å². The Kier molecular flexibility index (Phi) is 3.53. The van der Waals surface area contributed by atoms with E-state index in [1.807, 2.05) is 19.9 Å². The molecule has 0 amide bonds. The number of hydrogen-bond donors (Lipinski definition) is 1. The van der Waals surface area contributed by atoms with Crippen molar-refractivity contribution in [3.63, 3.8) is 0 Å². The average Bonchev–Trinajstić information content (AvgIpc) is 2.27. The molecule has 0 saturated carbocycles. The predicted octanol–water partition coefficient (Wildman–Crippen LogP) is 1.66. The third-order valence-corrected chi connectivity index (χ3v) is 5.24. The zero-order valence-electron chi connectivity index (χ0n) is 9.40. The molecule has 0 aliphatic carbocycles. The molecule has 82 valence electrons. The van der Waals surface area contributed by atoms with Crippen LogP contribution in [0.25, 0.3) is 0 Å². The Bertz CT molecular complexity index is 468. The number of rotatable bonds is 2. The van der Waals surface area contributed by atoms with Gasteiger partial charge in [-0.3, -0.25) is 0 Å². The van der Waals surface area contributed by atoms with E-state index in [0.717, 1.165) is 11.1 Å². The van der Waals surface area contributed by atoms with Gasteiger partial charge in [0.25, 0.3) is 0 Å². The van der Waals surface area contributed by atoms with Crippen molar-refractivity contribution in [1.29, 1.82) is 0 Å². The maximum absolute atomic E-state index is 9.71. The summed E-state index contributed by atoms with van der Waals surface area (Å²) in [6.45, 7) is 3.92. The van der Waals surface area contributed by atoms with Gasteiger partial charge in [0.2, 0.25) is 0 Å². The number of hydrogen-bond acceptors (Lipinski definition) is 1. The molecule has 2 aromatic rings. The summed E-state index contributed by atoms with van der Waals surface area (Å²) in [6.07, 6.45) is 0. The molecular weight excluding hydrogens is 312 g/mol. The number of aryl methyl sites for hydroxylation is 2. The number of phenols is 1. The molecule has 0 aliphatic rings. The van der Waals surface area contributed by atoms with Crippen LogP contribution in [0.2, 0.25) is 0 Å². The Morgan fingerprint density at radius 3 is 2.00 bits per heavy atom. The van der Waals surface area contributed by atoms with Crippen molar-refractivity contribution < 1.29 is 5.11 Å². The number of benzene rings is 2. The quantitative estimate of drug-likeness (QED) is 0.833. The van der Waals surface area contributed by atoms with Crippen LogP contribution in [0.1, 0.15) is 11.1 Å². The van der Waals surface area contributed by atoms with E-state index in [0.29, 0.717) is 5.75 Å². The monoisotopic (exact) mass is 328 g/mol. The second kappa shape index (κ2) is 4.91. The van der Waals surface area contributed by atoms with Crippen molar-refractivity contribution in [1.82, 2.24) is 0 Å². The fourth-order valence-corrected chi connectivity index (χ4v) is 4.56. The van der Waals surface area contributed by atoms with Crippen LogP contribution in [0.15, 0.2) is 42.5 Å². The van der Waals surface area contributed by atoms with Gasteiger partial charge in [-0.05, 0) is 0 Å². The maximum atomic E-state index is 9.71. The Balaban J connectivity index is 2.29. The Hall–Kier alpha value is -0.970. The van der Waals surface area contributed by atoms with Gasteiger partial charge >= 0.3 is 106 Å². The summed E-state index contributed by atoms with van der Waals surface area (Å²) in [6, 6.07) is 14.8. The second-order valence-corrected chi connectivity index (χ2v) is 7.09. The van der Waals surface area contributed by atoms with Crippen LogP contribution in [0, 0.1) is 13.8 Å². The molecule has 0 atom stereocenters. The van der Waals surface area contributed by atoms with Crippen LogP contribution in [0.4, 0.5) is 0 Å². The van der Waals surface area contributed by atoms with Gasteiger partial charge < -0.3 is 0 Å². The van der Waals surface area contributed by atoms with Crippen molar-refractivity contribution in [2.45, 2.75) is 13.8 Å². The van der Waals surface area contributed by atoms with Gasteiger partial charge in [-0.15, -0.1) is 0 Å². The zero-order chi connectivity index (χ0) is 11.5. The summed E-state index contributed by atoms with van der Waals surface area (Å²) in [5, 5.41) is 9.71. The van der Waals surface area contributed by atoms with E-state index in [1.54, 1.807) is 0 Å². The van der Waals surface area contributed by atoms with Crippen LogP contribution in [0.3, 0.4) is 0 Å². The molecule has 0 spiro atoms. The summed E-state index contributed by atoms with van der Waals surface area (Å²) in [4.78, 5) is 0. The number of aromatic hydroxyl groups is 1. The standard InChI is InChI=1S/C14H14OTe/c1-10-8-13(9-11(2)14(10)15)16-12-6-4-3-5-7-12/h3-9,15H,1-2H3. The SMILES string of the molecule is Cc1cc([Te]c2ccccc2)cc(C)c1O. The van der Waals surface area contributed by atoms with Crippen molar-refractivity contribution in [2.75, 3.05) is 0 Å². The van der Waals surface area contributed by atoms with Crippen molar-refractivity contribution in [2.24, 2.45) is 0 Å². The molecule has 2 aromatic carbocycles. The number of phenolic OH excluding ortho intramolecular Hbond substituents is 1. The summed E-state index contributed by atoms with van der Waals surface area (Å²) in [5.74, 6) is 0.435. The molecule has 0 aromatic heterocycles. The Morgan fingerprint density at radius 1 is 0.875 bits per heavy atom. The summed E-state index contributed by atoms with van der Waals surface area (Å²) in [7, 11) is 0. The molecule has 2 heteroatoms. The third-order valence-electron chi connectivity index (χ3n) is 2.44. The molecule has 0 heterocycles. The van der Waals surface area contributed by atoms with Crippen LogP contribution < -0.4 is 7.22 Å². The Morgan fingerprint density at radius 2 is 1.44 bits per heavy atom. The minimum absolute atomic E-state index is 0.319. The molecule has 0 fully saturated rings. The fraction of sp³-hybridized carbons (Fsp3) is 0.143. The van der Waals surface area contributed by atoms with Gasteiger partial charge in [0.1, 0.15) is 0 Å². The van der Waals surface area contributed by atoms with E-state index in [1.165, 1.54) is 7.22 Å². The minimum atomic E-state index is -0.319. The van der Waals surface area contributed by atoms with E-state index in [4.69, 9.17) is 0 Å². The Labute approximate surface area is 106 Å². The molecule has 0 unspecified atom stereocenters. The molecule has 1 N–H and O–H groups in total. The molecule has 0 radical (unpaired) electrons. The zero-order valence-corrected chi connectivity index (χ0v) is 11.7. The van der Waals surface area contributed by atoms with E-state index >= 15 is 0 Å². The second-order valence-electron chi connectivity index (χ2n) is 3.82. The van der Waals surface area contributed by atoms with Crippen LogP contribution in [-0.2, 0) is 0 Å². The van der Waals surface area contributed by atoms with Crippen molar-refractivity contribution >= 4 is 28.1 Å². The van der Waals surface area contributed by atoms with E-state index < -0.39 is 0 Å². The summed E-state index contributed by atoms with van der Waals surface area (Å²) in [5.41, 5.74) is 1.96. The molecule has 16 heavy (non-hydrogen) atoms. The molecule has 2 rings (SSSR count). The van der Waals surface area contributed by atoms with Gasteiger partial charge in [0, 0.05) is 0 Å². The third kappa shape index (κ3) is 2.58. The van der Waals surface area contributed by atoms with Gasteiger partial charge in [0.15, 0.2) is 0 Å². The summed E-state index contributed by atoms with van der Waals surface area (Å²) < 4.78 is 2.81. The predicted molar refractivity (Wildman–Crippen MR) is 69.0 cm³/mol. The summed E-state index contributed by atoms with van der Waals surface area (Å²) >= 11 is -0.319. The van der Waals surface area contributed by atoms with Crippen LogP contribution >= 0.6 is 0 Å². The molecule has 0 bridgehead atoms. The van der Waals surface area contributed by atoms with Gasteiger partial charge in [-0.2, -0.15) is 0 Å². The van der Waals surface area contributed by atoms with E-state index in [9.17, 15) is 5.11 Å². The van der Waals surface area contributed by atoms with Crippen molar-refractivity contribution in [3.05, 3.63) is 53.6 Å². The van der Waals surface area contributed by atoms with Gasteiger partial charge in [-0.25, -0.2) is 0 Å². The first-order valence-electron chi connectivity index (χ1n) is 5.20. The van der Waals surface area contributed by atoms with E-state index in [-0.39, 0.29) is 20.9 Å². The first-order chi connectivity index (χ1) is 7.66. The molecule has 0 aliphatic heterocycles. The normalized spacial score (nSPS) is 10.4. The topological polar surface area (TPSA) is 20.2 Å². The van der Waals surface area contributed by atoms with Gasteiger partial charge in [-0.1, -0.05) is 0 Å². The van der Waals surface area contributed by atoms with Crippen LogP contribution in [-0.4, -0.2) is 26.0 Å². The molecule has 0 saturated heterocycles. The van der Waals surface area contributed by atoms with E-state index in [2.05, 4.69) is 36.4 Å². The first-order valence-corrected chi connectivity index (χ1v) is 7.53.